The zero-order valence-electron chi connectivity index (χ0n) is 7.84. The normalized spacial score (nSPS) is 38.8. The zero-order chi connectivity index (χ0) is 8.39. The van der Waals surface area contributed by atoms with E-state index in [0.717, 1.165) is 6.04 Å². The van der Waals surface area contributed by atoms with Gasteiger partial charge in [-0.3, -0.25) is 0 Å². The van der Waals surface area contributed by atoms with Gasteiger partial charge in [-0.05, 0) is 45.2 Å². The van der Waals surface area contributed by atoms with E-state index in [9.17, 15) is 0 Å². The molecule has 1 heterocycles. The predicted octanol–water partition coefficient (Wildman–Crippen LogP) is 1.35. The SMILES string of the molecule is N[C@@H]1CC[C@@H](N2CCCCC2)C1. The highest BCUT2D eigenvalue weighted by Crippen LogP contribution is 2.25. The molecule has 0 amide bonds. The second kappa shape index (κ2) is 3.75. The molecule has 2 atom stereocenters. The van der Waals surface area contributed by atoms with E-state index in [1.54, 1.807) is 0 Å². The van der Waals surface area contributed by atoms with E-state index in [2.05, 4.69) is 4.90 Å². The van der Waals surface area contributed by atoms with Crippen molar-refractivity contribution in [2.75, 3.05) is 13.1 Å². The summed E-state index contributed by atoms with van der Waals surface area (Å²) >= 11 is 0. The molecule has 0 aromatic rings. The van der Waals surface area contributed by atoms with Gasteiger partial charge in [0, 0.05) is 12.1 Å². The number of nitrogens with two attached hydrogens (primary N) is 1. The van der Waals surface area contributed by atoms with E-state index >= 15 is 0 Å². The first-order chi connectivity index (χ1) is 5.86. The van der Waals surface area contributed by atoms with Crippen LogP contribution >= 0.6 is 0 Å². The molecule has 2 aliphatic rings. The Hall–Kier alpha value is -0.0800. The van der Waals surface area contributed by atoms with Crippen LogP contribution in [0.15, 0.2) is 0 Å². The molecule has 2 N–H and O–H groups in total. The summed E-state index contributed by atoms with van der Waals surface area (Å²) in [6.07, 6.45) is 8.11. The number of hydrogen-bond donors (Lipinski definition) is 1. The van der Waals surface area contributed by atoms with Gasteiger partial charge in [-0.25, -0.2) is 0 Å². The van der Waals surface area contributed by atoms with Crippen molar-refractivity contribution in [3.8, 4) is 0 Å². The molecule has 1 saturated carbocycles. The van der Waals surface area contributed by atoms with Crippen LogP contribution in [0.25, 0.3) is 0 Å². The van der Waals surface area contributed by atoms with Crippen LogP contribution in [0.5, 0.6) is 0 Å². The highest BCUT2D eigenvalue weighted by atomic mass is 15.2. The van der Waals surface area contributed by atoms with E-state index in [1.165, 1.54) is 51.6 Å². The smallest absolute Gasteiger partial charge is 0.0111 e. The molecule has 2 rings (SSSR count). The van der Waals surface area contributed by atoms with Crippen molar-refractivity contribution < 1.29 is 0 Å². The Morgan fingerprint density at radius 1 is 1.00 bits per heavy atom. The largest absolute Gasteiger partial charge is 0.328 e. The molecule has 0 aromatic carbocycles. The van der Waals surface area contributed by atoms with Crippen LogP contribution in [0.4, 0.5) is 0 Å². The standard InChI is InChI=1S/C10H20N2/c11-9-4-5-10(8-9)12-6-2-1-3-7-12/h9-10H,1-8,11H2/t9-,10-/m1/s1. The van der Waals surface area contributed by atoms with Crippen molar-refractivity contribution in [2.45, 2.75) is 50.6 Å². The van der Waals surface area contributed by atoms with Gasteiger partial charge < -0.3 is 10.6 Å². The molecule has 0 bridgehead atoms. The van der Waals surface area contributed by atoms with Gasteiger partial charge in [-0.15, -0.1) is 0 Å². The fraction of sp³-hybridized carbons (Fsp3) is 1.00. The topological polar surface area (TPSA) is 29.3 Å². The lowest BCUT2D eigenvalue weighted by molar-refractivity contribution is 0.164. The van der Waals surface area contributed by atoms with Gasteiger partial charge in [0.2, 0.25) is 0 Å². The third-order valence-electron chi connectivity index (χ3n) is 3.35. The number of piperidine rings is 1. The molecule has 1 aliphatic heterocycles. The van der Waals surface area contributed by atoms with Crippen LogP contribution in [0.2, 0.25) is 0 Å². The molecule has 0 spiro atoms. The monoisotopic (exact) mass is 168 g/mol. The maximum atomic E-state index is 5.91. The van der Waals surface area contributed by atoms with Crippen molar-refractivity contribution in [3.05, 3.63) is 0 Å². The molecule has 1 saturated heterocycles. The van der Waals surface area contributed by atoms with Gasteiger partial charge in [0.1, 0.15) is 0 Å². The summed E-state index contributed by atoms with van der Waals surface area (Å²) in [7, 11) is 0. The fourth-order valence-corrected chi connectivity index (χ4v) is 2.61. The Labute approximate surface area is 75.1 Å². The average Bonchev–Trinajstić information content (AvgIpc) is 2.54. The van der Waals surface area contributed by atoms with Crippen molar-refractivity contribution in [1.29, 1.82) is 0 Å². The zero-order valence-corrected chi connectivity index (χ0v) is 7.84. The minimum atomic E-state index is 0.497. The Morgan fingerprint density at radius 3 is 2.33 bits per heavy atom. The van der Waals surface area contributed by atoms with E-state index in [-0.39, 0.29) is 0 Å². The molecular formula is C10H20N2. The lowest BCUT2D eigenvalue weighted by Gasteiger charge is -2.32. The fourth-order valence-electron chi connectivity index (χ4n) is 2.61. The molecule has 0 radical (unpaired) electrons. The number of rotatable bonds is 1. The molecule has 1 aliphatic carbocycles. The van der Waals surface area contributed by atoms with Crippen LogP contribution < -0.4 is 5.73 Å². The van der Waals surface area contributed by atoms with Crippen molar-refractivity contribution >= 4 is 0 Å². The Morgan fingerprint density at radius 2 is 1.75 bits per heavy atom. The summed E-state index contributed by atoms with van der Waals surface area (Å²) < 4.78 is 0. The Balaban J connectivity index is 1.83. The second-order valence-electron chi connectivity index (χ2n) is 4.32. The van der Waals surface area contributed by atoms with E-state index in [0.29, 0.717) is 6.04 Å². The van der Waals surface area contributed by atoms with Gasteiger partial charge in [0.05, 0.1) is 0 Å². The molecule has 2 fully saturated rings. The summed E-state index contributed by atoms with van der Waals surface area (Å²) in [5, 5.41) is 0. The van der Waals surface area contributed by atoms with Crippen LogP contribution in [0.3, 0.4) is 0 Å². The summed E-state index contributed by atoms with van der Waals surface area (Å²) in [6.45, 7) is 2.66. The molecule has 0 aromatic heterocycles. The lowest BCUT2D eigenvalue weighted by Crippen LogP contribution is -2.38. The molecule has 0 unspecified atom stereocenters. The number of hydrogen-bond acceptors (Lipinski definition) is 2. The summed E-state index contributed by atoms with van der Waals surface area (Å²) in [6, 6.07) is 1.33. The highest BCUT2D eigenvalue weighted by Gasteiger charge is 2.27. The molecular weight excluding hydrogens is 148 g/mol. The van der Waals surface area contributed by atoms with Gasteiger partial charge in [0.25, 0.3) is 0 Å². The van der Waals surface area contributed by atoms with Gasteiger partial charge in [0.15, 0.2) is 0 Å². The first-order valence-corrected chi connectivity index (χ1v) is 5.36. The van der Waals surface area contributed by atoms with Crippen molar-refractivity contribution in [2.24, 2.45) is 5.73 Å². The number of nitrogens with zero attached hydrogens (tertiary/aromatic N) is 1. The van der Waals surface area contributed by atoms with Gasteiger partial charge >= 0.3 is 0 Å². The maximum Gasteiger partial charge on any atom is 0.0111 e. The molecule has 70 valence electrons. The minimum Gasteiger partial charge on any atom is -0.328 e. The minimum absolute atomic E-state index is 0.497. The summed E-state index contributed by atoms with van der Waals surface area (Å²) in [4.78, 5) is 2.66. The second-order valence-corrected chi connectivity index (χ2v) is 4.32. The third-order valence-corrected chi connectivity index (χ3v) is 3.35. The van der Waals surface area contributed by atoms with Gasteiger partial charge in [-0.2, -0.15) is 0 Å². The first kappa shape index (κ1) is 8.52. The van der Waals surface area contributed by atoms with Crippen LogP contribution in [-0.2, 0) is 0 Å². The summed E-state index contributed by atoms with van der Waals surface area (Å²) in [5.41, 5.74) is 5.91. The van der Waals surface area contributed by atoms with E-state index < -0.39 is 0 Å². The highest BCUT2D eigenvalue weighted by molar-refractivity contribution is 4.85. The van der Waals surface area contributed by atoms with E-state index in [4.69, 9.17) is 5.73 Å². The Kier molecular flexibility index (Phi) is 2.66. The molecule has 2 heteroatoms. The lowest BCUT2D eigenvalue weighted by atomic mass is 10.1. The number of likely N-dealkylation sites (tertiary alicyclic amines) is 1. The third kappa shape index (κ3) is 1.80. The quantitative estimate of drug-likeness (QED) is 0.640. The Bertz CT molecular complexity index is 138. The van der Waals surface area contributed by atoms with Gasteiger partial charge in [-0.1, -0.05) is 6.42 Å². The maximum absolute atomic E-state index is 5.91. The average molecular weight is 168 g/mol. The molecule has 2 nitrogen and oxygen atoms in total. The van der Waals surface area contributed by atoms with Crippen LogP contribution in [-0.4, -0.2) is 30.1 Å². The van der Waals surface area contributed by atoms with Crippen molar-refractivity contribution in [1.82, 2.24) is 4.90 Å². The van der Waals surface area contributed by atoms with Crippen LogP contribution in [0, 0.1) is 0 Å². The van der Waals surface area contributed by atoms with E-state index in [1.807, 2.05) is 0 Å². The summed E-state index contributed by atoms with van der Waals surface area (Å²) in [5.74, 6) is 0. The first-order valence-electron chi connectivity index (χ1n) is 5.36. The van der Waals surface area contributed by atoms with Crippen molar-refractivity contribution in [3.63, 3.8) is 0 Å². The molecule has 12 heavy (non-hydrogen) atoms. The predicted molar refractivity (Wildman–Crippen MR) is 51.0 cm³/mol. The van der Waals surface area contributed by atoms with Crippen LogP contribution in [0.1, 0.15) is 38.5 Å².